The quantitative estimate of drug-likeness (QED) is 0.630. The maximum atomic E-state index is 11.4. The zero-order valence-corrected chi connectivity index (χ0v) is 10.2. The van der Waals surface area contributed by atoms with Gasteiger partial charge in [-0.15, -0.1) is 0 Å². The van der Waals surface area contributed by atoms with Gasteiger partial charge in [0.25, 0.3) is 0 Å². The Kier molecular flexibility index (Phi) is 4.58. The van der Waals surface area contributed by atoms with Crippen LogP contribution in [0, 0.1) is 5.92 Å². The molecule has 1 aliphatic carbocycles. The SMILES string of the molecule is CCCCNC(=O)CNC(C)(C)C1CC1. The van der Waals surface area contributed by atoms with Crippen molar-refractivity contribution >= 4 is 5.91 Å². The van der Waals surface area contributed by atoms with E-state index in [1.165, 1.54) is 12.8 Å². The van der Waals surface area contributed by atoms with Crippen LogP contribution in [0.4, 0.5) is 0 Å². The predicted molar refractivity (Wildman–Crippen MR) is 62.7 cm³/mol. The number of carbonyl (C=O) groups excluding carboxylic acids is 1. The number of nitrogens with one attached hydrogen (secondary N) is 2. The molecule has 0 heterocycles. The Labute approximate surface area is 93.0 Å². The lowest BCUT2D eigenvalue weighted by Gasteiger charge is -2.25. The van der Waals surface area contributed by atoms with Gasteiger partial charge in [-0.3, -0.25) is 4.79 Å². The predicted octanol–water partition coefficient (Wildman–Crippen LogP) is 1.68. The third kappa shape index (κ3) is 4.65. The largest absolute Gasteiger partial charge is 0.355 e. The van der Waals surface area contributed by atoms with Gasteiger partial charge in [0.05, 0.1) is 6.54 Å². The monoisotopic (exact) mass is 212 g/mol. The third-order valence-electron chi connectivity index (χ3n) is 3.16. The Bertz CT molecular complexity index is 210. The molecule has 0 aromatic heterocycles. The summed E-state index contributed by atoms with van der Waals surface area (Å²) in [6.07, 6.45) is 4.80. The van der Waals surface area contributed by atoms with E-state index < -0.39 is 0 Å². The first-order valence-corrected chi connectivity index (χ1v) is 6.08. The Morgan fingerprint density at radius 1 is 1.40 bits per heavy atom. The summed E-state index contributed by atoms with van der Waals surface area (Å²) in [6.45, 7) is 7.75. The lowest BCUT2D eigenvalue weighted by Crippen LogP contribution is -2.46. The number of unbranched alkanes of at least 4 members (excludes halogenated alkanes) is 1. The standard InChI is InChI=1S/C12H24N2O/c1-4-5-8-13-11(15)9-14-12(2,3)10-6-7-10/h10,14H,4-9H2,1-3H3,(H,13,15). The summed E-state index contributed by atoms with van der Waals surface area (Å²) < 4.78 is 0. The van der Waals surface area contributed by atoms with Gasteiger partial charge in [0.1, 0.15) is 0 Å². The van der Waals surface area contributed by atoms with E-state index in [2.05, 4.69) is 31.4 Å². The van der Waals surface area contributed by atoms with Crippen LogP contribution in [-0.4, -0.2) is 24.5 Å². The zero-order chi connectivity index (χ0) is 11.3. The molecule has 0 unspecified atom stereocenters. The molecule has 2 N–H and O–H groups in total. The first-order valence-electron chi connectivity index (χ1n) is 6.08. The third-order valence-corrected chi connectivity index (χ3v) is 3.16. The molecular formula is C12H24N2O. The molecule has 0 atom stereocenters. The summed E-state index contributed by atoms with van der Waals surface area (Å²) in [5.41, 5.74) is 0.127. The molecule has 1 fully saturated rings. The minimum atomic E-state index is 0.122. The van der Waals surface area contributed by atoms with Crippen molar-refractivity contribution in [3.8, 4) is 0 Å². The summed E-state index contributed by atoms with van der Waals surface area (Å²) in [6, 6.07) is 0. The second kappa shape index (κ2) is 5.50. The van der Waals surface area contributed by atoms with E-state index >= 15 is 0 Å². The van der Waals surface area contributed by atoms with Crippen molar-refractivity contribution < 1.29 is 4.79 Å². The summed E-state index contributed by atoms with van der Waals surface area (Å²) in [5, 5.41) is 6.25. The van der Waals surface area contributed by atoms with Gasteiger partial charge in [0.2, 0.25) is 5.91 Å². The van der Waals surface area contributed by atoms with Crippen molar-refractivity contribution in [2.75, 3.05) is 13.1 Å². The van der Waals surface area contributed by atoms with Crippen LogP contribution in [0.15, 0.2) is 0 Å². The van der Waals surface area contributed by atoms with Crippen molar-refractivity contribution in [3.63, 3.8) is 0 Å². The maximum Gasteiger partial charge on any atom is 0.233 e. The molecule has 3 nitrogen and oxygen atoms in total. The van der Waals surface area contributed by atoms with Gasteiger partial charge < -0.3 is 10.6 Å². The summed E-state index contributed by atoms with van der Waals surface area (Å²) in [4.78, 5) is 11.4. The molecule has 0 saturated heterocycles. The van der Waals surface area contributed by atoms with E-state index in [0.717, 1.165) is 25.3 Å². The fourth-order valence-electron chi connectivity index (χ4n) is 1.72. The fraction of sp³-hybridized carbons (Fsp3) is 0.917. The normalized spacial score (nSPS) is 16.5. The average molecular weight is 212 g/mol. The number of amides is 1. The molecule has 0 bridgehead atoms. The topological polar surface area (TPSA) is 41.1 Å². The molecular weight excluding hydrogens is 188 g/mol. The molecule has 0 spiro atoms. The molecule has 3 heteroatoms. The van der Waals surface area contributed by atoms with Gasteiger partial charge in [-0.05, 0) is 39.0 Å². The highest BCUT2D eigenvalue weighted by Crippen LogP contribution is 2.38. The number of carbonyl (C=O) groups is 1. The highest BCUT2D eigenvalue weighted by Gasteiger charge is 2.37. The van der Waals surface area contributed by atoms with Crippen LogP contribution in [0.2, 0.25) is 0 Å². The van der Waals surface area contributed by atoms with Crippen LogP contribution in [-0.2, 0) is 4.79 Å². The van der Waals surface area contributed by atoms with Gasteiger partial charge in [0.15, 0.2) is 0 Å². The highest BCUT2D eigenvalue weighted by molar-refractivity contribution is 5.78. The molecule has 0 radical (unpaired) electrons. The van der Waals surface area contributed by atoms with Gasteiger partial charge in [-0.25, -0.2) is 0 Å². The smallest absolute Gasteiger partial charge is 0.233 e. The molecule has 15 heavy (non-hydrogen) atoms. The Balaban J connectivity index is 2.10. The van der Waals surface area contributed by atoms with Crippen LogP contribution in [0.25, 0.3) is 0 Å². The van der Waals surface area contributed by atoms with Crippen molar-refractivity contribution in [1.82, 2.24) is 10.6 Å². The molecule has 0 aromatic carbocycles. The lowest BCUT2D eigenvalue weighted by atomic mass is 9.99. The molecule has 1 saturated carbocycles. The van der Waals surface area contributed by atoms with Crippen LogP contribution in [0.5, 0.6) is 0 Å². The molecule has 1 amide bonds. The molecule has 0 aliphatic heterocycles. The first-order chi connectivity index (χ1) is 7.06. The number of rotatable bonds is 7. The van der Waals surface area contributed by atoms with E-state index in [-0.39, 0.29) is 11.4 Å². The van der Waals surface area contributed by atoms with E-state index in [0.29, 0.717) is 6.54 Å². The van der Waals surface area contributed by atoms with E-state index in [1.54, 1.807) is 0 Å². The number of hydrogen-bond donors (Lipinski definition) is 2. The van der Waals surface area contributed by atoms with Crippen molar-refractivity contribution in [1.29, 1.82) is 0 Å². The molecule has 1 rings (SSSR count). The summed E-state index contributed by atoms with van der Waals surface area (Å²) in [5.74, 6) is 0.887. The molecule has 0 aromatic rings. The van der Waals surface area contributed by atoms with E-state index in [4.69, 9.17) is 0 Å². The van der Waals surface area contributed by atoms with Crippen LogP contribution in [0.1, 0.15) is 46.5 Å². The van der Waals surface area contributed by atoms with E-state index in [1.807, 2.05) is 0 Å². The van der Waals surface area contributed by atoms with Gasteiger partial charge in [0, 0.05) is 12.1 Å². The van der Waals surface area contributed by atoms with Crippen LogP contribution < -0.4 is 10.6 Å². The van der Waals surface area contributed by atoms with Crippen molar-refractivity contribution in [3.05, 3.63) is 0 Å². The van der Waals surface area contributed by atoms with Gasteiger partial charge in [-0.2, -0.15) is 0 Å². The first kappa shape index (κ1) is 12.5. The zero-order valence-electron chi connectivity index (χ0n) is 10.2. The fourth-order valence-corrected chi connectivity index (χ4v) is 1.72. The second-order valence-corrected chi connectivity index (χ2v) is 5.05. The minimum Gasteiger partial charge on any atom is -0.355 e. The van der Waals surface area contributed by atoms with Crippen molar-refractivity contribution in [2.45, 2.75) is 52.0 Å². The van der Waals surface area contributed by atoms with Crippen LogP contribution in [0.3, 0.4) is 0 Å². The van der Waals surface area contributed by atoms with E-state index in [9.17, 15) is 4.79 Å². The Morgan fingerprint density at radius 2 is 2.07 bits per heavy atom. The Hall–Kier alpha value is -0.570. The maximum absolute atomic E-state index is 11.4. The van der Waals surface area contributed by atoms with Crippen molar-refractivity contribution in [2.24, 2.45) is 5.92 Å². The lowest BCUT2D eigenvalue weighted by molar-refractivity contribution is -0.120. The average Bonchev–Trinajstić information content (AvgIpc) is 2.98. The number of hydrogen-bond acceptors (Lipinski definition) is 2. The highest BCUT2D eigenvalue weighted by atomic mass is 16.1. The summed E-state index contributed by atoms with van der Waals surface area (Å²) >= 11 is 0. The Morgan fingerprint density at radius 3 is 2.60 bits per heavy atom. The molecule has 88 valence electrons. The second-order valence-electron chi connectivity index (χ2n) is 5.05. The minimum absolute atomic E-state index is 0.122. The van der Waals surface area contributed by atoms with Gasteiger partial charge in [-0.1, -0.05) is 13.3 Å². The van der Waals surface area contributed by atoms with Crippen LogP contribution >= 0.6 is 0 Å². The van der Waals surface area contributed by atoms with Gasteiger partial charge >= 0.3 is 0 Å². The molecule has 1 aliphatic rings. The summed E-state index contributed by atoms with van der Waals surface area (Å²) in [7, 11) is 0.